The minimum absolute atomic E-state index is 0.0316. The molecule has 67 heavy (non-hydrogen) atoms. The number of hydrogen-bond donors (Lipinski definition) is 6. The molecular formula is C47H61N13O7. The largest absolute Gasteiger partial charge is 0.378 e. The number of ether oxygens (including phenoxy) is 2. The van der Waals surface area contributed by atoms with Crippen molar-refractivity contribution >= 4 is 69.5 Å². The van der Waals surface area contributed by atoms with E-state index >= 15 is 0 Å². The lowest BCUT2D eigenvalue weighted by Gasteiger charge is -2.36. The molecule has 5 amide bonds. The summed E-state index contributed by atoms with van der Waals surface area (Å²) in [6.07, 6.45) is 10.8. The molecule has 20 nitrogen and oxygen atoms in total. The van der Waals surface area contributed by atoms with E-state index in [1.165, 1.54) is 24.6 Å². The first-order valence-electron chi connectivity index (χ1n) is 23.8. The van der Waals surface area contributed by atoms with Crippen LogP contribution in [0.5, 0.6) is 0 Å². The van der Waals surface area contributed by atoms with Crippen LogP contribution in [0.4, 0.5) is 28.8 Å². The van der Waals surface area contributed by atoms with Crippen molar-refractivity contribution in [3.8, 4) is 0 Å². The van der Waals surface area contributed by atoms with Crippen LogP contribution in [0.15, 0.2) is 48.8 Å². The number of carbonyl (C=O) groups excluding carboxylic acids is 5. The molecular weight excluding hydrogens is 859 g/mol. The number of fused-ring (bicyclic) bond motifs is 2. The molecule has 1 atom stereocenters. The van der Waals surface area contributed by atoms with Gasteiger partial charge in [-0.2, -0.15) is 9.97 Å². The lowest BCUT2D eigenvalue weighted by atomic mass is 9.92. The van der Waals surface area contributed by atoms with Crippen LogP contribution in [-0.4, -0.2) is 149 Å². The average molecular weight is 920 g/mol. The minimum Gasteiger partial charge on any atom is -0.378 e. The lowest BCUT2D eigenvalue weighted by molar-refractivity contribution is -0.136. The number of benzene rings is 2. The highest BCUT2D eigenvalue weighted by Gasteiger charge is 2.45. The molecule has 1 unspecified atom stereocenters. The summed E-state index contributed by atoms with van der Waals surface area (Å²) in [5.41, 5.74) is 10.5. The van der Waals surface area contributed by atoms with Crippen molar-refractivity contribution in [2.75, 3.05) is 93.1 Å². The van der Waals surface area contributed by atoms with Crippen LogP contribution < -0.4 is 37.2 Å². The van der Waals surface area contributed by atoms with Gasteiger partial charge in [-0.3, -0.25) is 39.1 Å². The topological polar surface area (TPSA) is 243 Å². The van der Waals surface area contributed by atoms with Gasteiger partial charge in [0, 0.05) is 80.9 Å². The first-order valence-corrected chi connectivity index (χ1v) is 23.8. The Labute approximate surface area is 389 Å². The second-order valence-electron chi connectivity index (χ2n) is 18.0. The van der Waals surface area contributed by atoms with E-state index in [4.69, 9.17) is 30.2 Å². The number of imidazole rings is 1. The van der Waals surface area contributed by atoms with E-state index in [1.54, 1.807) is 12.1 Å². The van der Waals surface area contributed by atoms with E-state index < -0.39 is 29.7 Å². The Balaban J connectivity index is 0.653. The predicted octanol–water partition coefficient (Wildman–Crippen LogP) is 3.15. The molecule has 2 aromatic heterocycles. The van der Waals surface area contributed by atoms with Gasteiger partial charge in [0.05, 0.1) is 50.4 Å². The third-order valence-electron chi connectivity index (χ3n) is 13.5. The van der Waals surface area contributed by atoms with Crippen LogP contribution in [0.1, 0.15) is 91.0 Å². The maximum Gasteiger partial charge on any atom is 0.264 e. The van der Waals surface area contributed by atoms with Crippen LogP contribution >= 0.6 is 0 Å². The molecule has 5 heterocycles. The van der Waals surface area contributed by atoms with Crippen molar-refractivity contribution < 1.29 is 33.4 Å². The number of rotatable bonds is 19. The Morgan fingerprint density at radius 1 is 0.836 bits per heavy atom. The number of nitrogens with zero attached hydrogens (tertiary/aromatic N) is 7. The molecule has 5 aliphatic rings. The standard InChI is InChI=1S/C47H61N13O7/c48-30-8-10-32(11-9-30)53-47-55-42(41-43(56-47)59(29-51-41)34-4-1-2-5-34)52-31-12-14-33(15-13-31)58-21-19-57(20-22-58)23-25-67-27-26-66-24-18-49-39(62)28-50-36-7-3-6-35-40(36)46(65)60(45(35)64)37-16-17-38(61)54-44(37)63/h3,6-7,12-15,29-30,32,34,37,50H,1-2,4-5,8-11,16-28,48H2,(H,49,62)(H,54,61,63)(H2,52,53,55,56). The number of aromatic nitrogens is 4. The first-order chi connectivity index (χ1) is 32.7. The summed E-state index contributed by atoms with van der Waals surface area (Å²) in [6.45, 7) is 6.38. The molecule has 0 radical (unpaired) electrons. The van der Waals surface area contributed by atoms with Gasteiger partial charge < -0.3 is 45.9 Å². The highest BCUT2D eigenvalue weighted by molar-refractivity contribution is 6.25. The fourth-order valence-electron chi connectivity index (χ4n) is 9.76. The number of imide groups is 2. The van der Waals surface area contributed by atoms with Crippen LogP contribution in [-0.2, 0) is 23.9 Å². The fourth-order valence-corrected chi connectivity index (χ4v) is 9.76. The van der Waals surface area contributed by atoms with Crippen LogP contribution in [0, 0.1) is 0 Å². The van der Waals surface area contributed by atoms with Gasteiger partial charge >= 0.3 is 0 Å². The number of nitrogens with two attached hydrogens (primary N) is 1. The van der Waals surface area contributed by atoms with E-state index in [9.17, 15) is 24.0 Å². The minimum atomic E-state index is -1.07. The van der Waals surface area contributed by atoms with Gasteiger partial charge in [-0.25, -0.2) is 4.98 Å². The Morgan fingerprint density at radius 3 is 2.36 bits per heavy atom. The summed E-state index contributed by atoms with van der Waals surface area (Å²) in [7, 11) is 0. The third-order valence-corrected chi connectivity index (χ3v) is 13.5. The van der Waals surface area contributed by atoms with Crippen molar-refractivity contribution in [2.45, 2.75) is 88.4 Å². The summed E-state index contributed by atoms with van der Waals surface area (Å²) < 4.78 is 13.7. The number of piperazine rings is 1. The Hall–Kier alpha value is -6.22. The maximum absolute atomic E-state index is 13.3. The number of amides is 5. The van der Waals surface area contributed by atoms with Gasteiger partial charge in [-0.15, -0.1) is 0 Å². The molecule has 3 aliphatic heterocycles. The quantitative estimate of drug-likeness (QED) is 0.0585. The molecule has 356 valence electrons. The first kappa shape index (κ1) is 45.9. The van der Waals surface area contributed by atoms with Gasteiger partial charge in [0.25, 0.3) is 11.8 Å². The highest BCUT2D eigenvalue weighted by atomic mass is 16.5. The number of piperidine rings is 1. The number of carbonyl (C=O) groups is 5. The van der Waals surface area contributed by atoms with Gasteiger partial charge in [-0.05, 0) is 81.3 Å². The van der Waals surface area contributed by atoms with E-state index in [2.05, 4.69) is 65.2 Å². The van der Waals surface area contributed by atoms with Crippen LogP contribution in [0.2, 0.25) is 0 Å². The summed E-state index contributed by atoms with van der Waals surface area (Å²) in [4.78, 5) is 83.4. The molecule has 2 saturated heterocycles. The summed E-state index contributed by atoms with van der Waals surface area (Å²) in [5, 5.41) is 15.1. The third kappa shape index (κ3) is 10.8. The normalized spacial score (nSPS) is 21.5. The molecule has 2 saturated carbocycles. The van der Waals surface area contributed by atoms with E-state index in [-0.39, 0.29) is 49.0 Å². The molecule has 7 N–H and O–H groups in total. The van der Waals surface area contributed by atoms with Gasteiger partial charge in [-0.1, -0.05) is 18.9 Å². The fraction of sp³-hybridized carbons (Fsp3) is 0.532. The molecule has 20 heteroatoms. The second kappa shape index (κ2) is 21.2. The predicted molar refractivity (Wildman–Crippen MR) is 251 cm³/mol. The van der Waals surface area contributed by atoms with E-state index in [1.807, 2.05) is 6.33 Å². The van der Waals surface area contributed by atoms with Crippen LogP contribution in [0.25, 0.3) is 11.2 Å². The van der Waals surface area contributed by atoms with Crippen molar-refractivity contribution in [2.24, 2.45) is 5.73 Å². The Bertz CT molecular complexity index is 2430. The van der Waals surface area contributed by atoms with E-state index in [0.29, 0.717) is 56.0 Å². The van der Waals surface area contributed by atoms with Gasteiger partial charge in [0.2, 0.25) is 23.7 Å². The number of nitrogens with one attached hydrogen (secondary N) is 5. The molecule has 4 fully saturated rings. The second-order valence-corrected chi connectivity index (χ2v) is 18.0. The summed E-state index contributed by atoms with van der Waals surface area (Å²) in [5.74, 6) is -1.35. The molecule has 9 rings (SSSR count). The Morgan fingerprint density at radius 2 is 1.60 bits per heavy atom. The smallest absolute Gasteiger partial charge is 0.264 e. The average Bonchev–Trinajstić information content (AvgIpc) is 4.08. The van der Waals surface area contributed by atoms with E-state index in [0.717, 1.165) is 93.0 Å². The highest BCUT2D eigenvalue weighted by Crippen LogP contribution is 2.35. The molecule has 2 aliphatic carbocycles. The Kier molecular flexibility index (Phi) is 14.5. The summed E-state index contributed by atoms with van der Waals surface area (Å²) >= 11 is 0. The molecule has 0 bridgehead atoms. The molecule has 2 aromatic carbocycles. The van der Waals surface area contributed by atoms with Crippen molar-refractivity contribution in [1.82, 2.24) is 40.0 Å². The monoisotopic (exact) mass is 919 g/mol. The zero-order chi connectivity index (χ0) is 46.3. The zero-order valence-electron chi connectivity index (χ0n) is 37.8. The number of anilines is 5. The van der Waals surface area contributed by atoms with Crippen molar-refractivity contribution in [3.63, 3.8) is 0 Å². The lowest BCUT2D eigenvalue weighted by Crippen LogP contribution is -2.54. The van der Waals surface area contributed by atoms with Crippen molar-refractivity contribution in [1.29, 1.82) is 0 Å². The van der Waals surface area contributed by atoms with Gasteiger partial charge in [0.15, 0.2) is 17.0 Å². The zero-order valence-corrected chi connectivity index (χ0v) is 37.8. The van der Waals surface area contributed by atoms with Crippen LogP contribution in [0.3, 0.4) is 0 Å². The SMILES string of the molecule is NC1CCC(Nc2nc(Nc3ccc(N4CCN(CCOCCOCCNC(=O)CNc5cccc6c5C(=O)N(C5CCC(=O)NC5=O)C6=O)CC4)cc3)c3ncn(C4CCCC4)c3n2)CC1. The van der Waals surface area contributed by atoms with Gasteiger partial charge in [0.1, 0.15) is 6.04 Å². The maximum atomic E-state index is 13.3. The van der Waals surface area contributed by atoms with Crippen molar-refractivity contribution in [3.05, 3.63) is 59.9 Å². The number of hydrogen-bond acceptors (Lipinski definition) is 16. The summed E-state index contributed by atoms with van der Waals surface area (Å²) in [6, 6.07) is 13.2. The molecule has 0 spiro atoms. The molecule has 4 aromatic rings.